The van der Waals surface area contributed by atoms with Crippen molar-refractivity contribution in [1.29, 1.82) is 0 Å². The van der Waals surface area contributed by atoms with Gasteiger partial charge in [-0.25, -0.2) is 4.98 Å². The molecular formula is C10H13F3N2O. The quantitative estimate of drug-likeness (QED) is 0.853. The molecule has 1 aromatic rings. The Kier molecular flexibility index (Phi) is 3.18. The highest BCUT2D eigenvalue weighted by Crippen LogP contribution is 2.28. The van der Waals surface area contributed by atoms with E-state index in [0.717, 1.165) is 25.8 Å². The third-order valence-electron chi connectivity index (χ3n) is 2.68. The fourth-order valence-corrected chi connectivity index (χ4v) is 1.84. The second-order valence-corrected chi connectivity index (χ2v) is 3.98. The van der Waals surface area contributed by atoms with Crippen LogP contribution in [0.15, 0.2) is 10.7 Å². The van der Waals surface area contributed by atoms with Crippen molar-refractivity contribution in [3.63, 3.8) is 0 Å². The monoisotopic (exact) mass is 234 g/mol. The number of hydrogen-bond acceptors (Lipinski definition) is 3. The molecule has 6 heteroatoms. The number of hydrogen-bond donors (Lipinski definition) is 1. The van der Waals surface area contributed by atoms with Crippen molar-refractivity contribution in [2.75, 3.05) is 6.54 Å². The predicted molar refractivity (Wildman–Crippen MR) is 50.9 cm³/mol. The average Bonchev–Trinajstić information content (AvgIpc) is 2.67. The standard InChI is InChI=1S/C10H13F3N2O/c11-10(12,13)8-6-16-9(15-8)5-7-3-1-2-4-14-7/h6-7,14H,1-5H2. The first-order chi connectivity index (χ1) is 7.55. The summed E-state index contributed by atoms with van der Waals surface area (Å²) in [6.07, 6.45) is -0.125. The predicted octanol–water partition coefficient (Wildman–Crippen LogP) is 2.38. The zero-order chi connectivity index (χ0) is 11.6. The molecule has 90 valence electrons. The van der Waals surface area contributed by atoms with Gasteiger partial charge in [-0.05, 0) is 19.4 Å². The molecule has 1 aromatic heterocycles. The largest absolute Gasteiger partial charge is 0.448 e. The first-order valence-corrected chi connectivity index (χ1v) is 5.30. The number of piperidine rings is 1. The Morgan fingerprint density at radius 3 is 2.81 bits per heavy atom. The second kappa shape index (κ2) is 4.45. The van der Waals surface area contributed by atoms with Crippen LogP contribution in [0.4, 0.5) is 13.2 Å². The SMILES string of the molecule is FC(F)(F)c1coc(CC2CCCCN2)n1. The van der Waals surface area contributed by atoms with E-state index >= 15 is 0 Å². The summed E-state index contributed by atoms with van der Waals surface area (Å²) in [7, 11) is 0. The molecule has 1 fully saturated rings. The Bertz CT molecular complexity index is 342. The van der Waals surface area contributed by atoms with Crippen molar-refractivity contribution in [3.8, 4) is 0 Å². The molecule has 1 atom stereocenters. The Morgan fingerprint density at radius 1 is 1.44 bits per heavy atom. The van der Waals surface area contributed by atoms with Gasteiger partial charge in [0.1, 0.15) is 6.26 Å². The normalized spacial score (nSPS) is 22.3. The molecule has 0 spiro atoms. The first-order valence-electron chi connectivity index (χ1n) is 5.30. The second-order valence-electron chi connectivity index (χ2n) is 3.98. The van der Waals surface area contributed by atoms with Crippen LogP contribution in [0, 0.1) is 0 Å². The summed E-state index contributed by atoms with van der Waals surface area (Å²) < 4.78 is 41.5. The van der Waals surface area contributed by atoms with Crippen molar-refractivity contribution in [2.45, 2.75) is 37.9 Å². The van der Waals surface area contributed by atoms with Crippen LogP contribution in [0.5, 0.6) is 0 Å². The van der Waals surface area contributed by atoms with Crippen molar-refractivity contribution in [3.05, 3.63) is 17.8 Å². The van der Waals surface area contributed by atoms with E-state index in [1.54, 1.807) is 0 Å². The summed E-state index contributed by atoms with van der Waals surface area (Å²) in [4.78, 5) is 3.44. The molecule has 3 nitrogen and oxygen atoms in total. The molecule has 0 saturated carbocycles. The average molecular weight is 234 g/mol. The van der Waals surface area contributed by atoms with E-state index in [4.69, 9.17) is 4.42 Å². The van der Waals surface area contributed by atoms with E-state index in [9.17, 15) is 13.2 Å². The number of nitrogens with zero attached hydrogens (tertiary/aromatic N) is 1. The van der Waals surface area contributed by atoms with E-state index in [2.05, 4.69) is 10.3 Å². The van der Waals surface area contributed by atoms with Gasteiger partial charge < -0.3 is 9.73 Å². The van der Waals surface area contributed by atoms with Crippen LogP contribution < -0.4 is 5.32 Å². The molecule has 0 amide bonds. The summed E-state index contributed by atoms with van der Waals surface area (Å²) in [5.74, 6) is 0.159. The lowest BCUT2D eigenvalue weighted by Gasteiger charge is -2.21. The van der Waals surface area contributed by atoms with Crippen molar-refractivity contribution >= 4 is 0 Å². The number of rotatable bonds is 2. The zero-order valence-electron chi connectivity index (χ0n) is 8.68. The summed E-state index contributed by atoms with van der Waals surface area (Å²) in [6, 6.07) is 0.188. The Labute approximate surface area is 91.0 Å². The number of alkyl halides is 3. The van der Waals surface area contributed by atoms with Gasteiger partial charge in [-0.15, -0.1) is 0 Å². The van der Waals surface area contributed by atoms with Crippen LogP contribution in [0.25, 0.3) is 0 Å². The summed E-state index contributed by atoms with van der Waals surface area (Å²) in [6.45, 7) is 0.914. The van der Waals surface area contributed by atoms with Gasteiger partial charge in [0.25, 0.3) is 0 Å². The van der Waals surface area contributed by atoms with Crippen LogP contribution in [-0.4, -0.2) is 17.6 Å². The Balaban J connectivity index is 1.97. The van der Waals surface area contributed by atoms with Gasteiger partial charge in [0.2, 0.25) is 0 Å². The van der Waals surface area contributed by atoms with E-state index in [0.29, 0.717) is 12.7 Å². The highest BCUT2D eigenvalue weighted by Gasteiger charge is 2.34. The Morgan fingerprint density at radius 2 is 2.25 bits per heavy atom. The van der Waals surface area contributed by atoms with Gasteiger partial charge >= 0.3 is 6.18 Å². The number of nitrogens with one attached hydrogen (secondary N) is 1. The minimum Gasteiger partial charge on any atom is -0.448 e. The molecule has 2 heterocycles. The van der Waals surface area contributed by atoms with E-state index in [1.165, 1.54) is 0 Å². The fourth-order valence-electron chi connectivity index (χ4n) is 1.84. The molecule has 1 aliphatic heterocycles. The lowest BCUT2D eigenvalue weighted by atomic mass is 10.0. The molecule has 0 bridgehead atoms. The number of halogens is 3. The van der Waals surface area contributed by atoms with Crippen LogP contribution in [0.3, 0.4) is 0 Å². The molecule has 1 aliphatic rings. The molecule has 2 rings (SSSR count). The van der Waals surface area contributed by atoms with E-state index in [-0.39, 0.29) is 11.9 Å². The lowest BCUT2D eigenvalue weighted by molar-refractivity contribution is -0.141. The molecule has 1 N–H and O–H groups in total. The molecule has 0 aliphatic carbocycles. The third-order valence-corrected chi connectivity index (χ3v) is 2.68. The topological polar surface area (TPSA) is 38.1 Å². The maximum Gasteiger partial charge on any atom is 0.436 e. The van der Waals surface area contributed by atoms with Crippen LogP contribution in [0.1, 0.15) is 30.8 Å². The fraction of sp³-hybridized carbons (Fsp3) is 0.700. The highest BCUT2D eigenvalue weighted by molar-refractivity contribution is 5.02. The van der Waals surface area contributed by atoms with Crippen LogP contribution >= 0.6 is 0 Å². The van der Waals surface area contributed by atoms with Gasteiger partial charge in [0.15, 0.2) is 11.6 Å². The molecule has 1 unspecified atom stereocenters. The Hall–Kier alpha value is -1.04. The van der Waals surface area contributed by atoms with E-state index < -0.39 is 11.9 Å². The molecule has 0 aromatic carbocycles. The number of aromatic nitrogens is 1. The van der Waals surface area contributed by atoms with E-state index in [1.807, 2.05) is 0 Å². The first kappa shape index (κ1) is 11.4. The maximum atomic E-state index is 12.2. The highest BCUT2D eigenvalue weighted by atomic mass is 19.4. The zero-order valence-corrected chi connectivity index (χ0v) is 8.68. The van der Waals surface area contributed by atoms with Crippen molar-refractivity contribution in [2.24, 2.45) is 0 Å². The summed E-state index contributed by atoms with van der Waals surface area (Å²) >= 11 is 0. The minimum atomic E-state index is -4.41. The smallest absolute Gasteiger partial charge is 0.436 e. The van der Waals surface area contributed by atoms with Crippen LogP contribution in [-0.2, 0) is 12.6 Å². The van der Waals surface area contributed by atoms with Crippen molar-refractivity contribution < 1.29 is 17.6 Å². The molecular weight excluding hydrogens is 221 g/mol. The van der Waals surface area contributed by atoms with Gasteiger partial charge in [0.05, 0.1) is 0 Å². The molecule has 16 heavy (non-hydrogen) atoms. The maximum absolute atomic E-state index is 12.2. The van der Waals surface area contributed by atoms with Crippen LogP contribution in [0.2, 0.25) is 0 Å². The molecule has 0 radical (unpaired) electrons. The van der Waals surface area contributed by atoms with Gasteiger partial charge in [0, 0.05) is 12.5 Å². The minimum absolute atomic E-state index is 0.159. The summed E-state index contributed by atoms with van der Waals surface area (Å²) in [5, 5.41) is 3.23. The van der Waals surface area contributed by atoms with Gasteiger partial charge in [-0.3, -0.25) is 0 Å². The third kappa shape index (κ3) is 2.75. The summed E-state index contributed by atoms with van der Waals surface area (Å²) in [5.41, 5.74) is -0.946. The van der Waals surface area contributed by atoms with Crippen molar-refractivity contribution in [1.82, 2.24) is 10.3 Å². The van der Waals surface area contributed by atoms with Gasteiger partial charge in [-0.2, -0.15) is 13.2 Å². The molecule has 1 saturated heterocycles. The van der Waals surface area contributed by atoms with Gasteiger partial charge in [-0.1, -0.05) is 6.42 Å². The number of oxazole rings is 1. The lowest BCUT2D eigenvalue weighted by Crippen LogP contribution is -2.35.